The standard InChI is InChI=1S/C11H4ClF4N3/c12-6-1-5(3-17)2-7(13)9(6)10-18-4-8(19-10)11(14,15)16/h1-2,4H,(H,18,19). The van der Waals surface area contributed by atoms with Crippen LogP contribution in [0.4, 0.5) is 17.6 Å². The number of hydrogen-bond donors (Lipinski definition) is 1. The van der Waals surface area contributed by atoms with Gasteiger partial charge in [-0.05, 0) is 12.1 Å². The van der Waals surface area contributed by atoms with Gasteiger partial charge in [0.05, 0.1) is 28.4 Å². The lowest BCUT2D eigenvalue weighted by atomic mass is 10.1. The van der Waals surface area contributed by atoms with E-state index < -0.39 is 17.7 Å². The highest BCUT2D eigenvalue weighted by Crippen LogP contribution is 2.33. The minimum absolute atomic E-state index is 0.0335. The van der Waals surface area contributed by atoms with Crippen LogP contribution in [0.15, 0.2) is 18.3 Å². The third-order valence-corrected chi connectivity index (χ3v) is 2.59. The summed E-state index contributed by atoms with van der Waals surface area (Å²) in [6, 6.07) is 3.70. The summed E-state index contributed by atoms with van der Waals surface area (Å²) in [5, 5.41) is 8.42. The van der Waals surface area contributed by atoms with Gasteiger partial charge in [-0.25, -0.2) is 9.37 Å². The molecule has 19 heavy (non-hydrogen) atoms. The second-order valence-corrected chi connectivity index (χ2v) is 3.98. The Hall–Kier alpha value is -2.07. The van der Waals surface area contributed by atoms with Gasteiger partial charge in [0.1, 0.15) is 17.3 Å². The zero-order chi connectivity index (χ0) is 14.2. The summed E-state index contributed by atoms with van der Waals surface area (Å²) in [5.74, 6) is -1.27. The number of rotatable bonds is 1. The largest absolute Gasteiger partial charge is 0.432 e. The lowest BCUT2D eigenvalue weighted by molar-refractivity contribution is -0.140. The SMILES string of the molecule is N#Cc1cc(F)c(-c2ncc(C(F)(F)F)[nH]2)c(Cl)c1. The first-order chi connectivity index (χ1) is 8.82. The number of hydrogen-bond acceptors (Lipinski definition) is 2. The number of alkyl halides is 3. The molecule has 1 aromatic heterocycles. The minimum Gasteiger partial charge on any atom is -0.334 e. The van der Waals surface area contributed by atoms with E-state index in [1.54, 1.807) is 6.07 Å². The Labute approximate surface area is 109 Å². The quantitative estimate of drug-likeness (QED) is 0.813. The second-order valence-electron chi connectivity index (χ2n) is 3.57. The lowest BCUT2D eigenvalue weighted by Crippen LogP contribution is -2.05. The van der Waals surface area contributed by atoms with Gasteiger partial charge in [0.15, 0.2) is 0 Å². The van der Waals surface area contributed by atoms with Gasteiger partial charge in [-0.15, -0.1) is 0 Å². The van der Waals surface area contributed by atoms with Crippen LogP contribution in [-0.2, 0) is 6.18 Å². The third-order valence-electron chi connectivity index (χ3n) is 2.29. The van der Waals surface area contributed by atoms with Crippen LogP contribution in [0.25, 0.3) is 11.4 Å². The number of halogens is 5. The number of H-pyrrole nitrogens is 1. The fourth-order valence-electron chi connectivity index (χ4n) is 1.46. The second kappa shape index (κ2) is 4.55. The zero-order valence-corrected chi connectivity index (χ0v) is 9.77. The molecule has 0 aliphatic rings. The normalized spacial score (nSPS) is 11.4. The van der Waals surface area contributed by atoms with Gasteiger partial charge in [0, 0.05) is 0 Å². The molecule has 2 rings (SSSR count). The van der Waals surface area contributed by atoms with Crippen LogP contribution in [0, 0.1) is 17.1 Å². The summed E-state index contributed by atoms with van der Waals surface area (Å²) >= 11 is 5.74. The maximum absolute atomic E-state index is 13.7. The van der Waals surface area contributed by atoms with Crippen molar-refractivity contribution in [3.05, 3.63) is 40.4 Å². The molecular weight excluding hydrogens is 286 g/mol. The van der Waals surface area contributed by atoms with E-state index in [-0.39, 0.29) is 22.0 Å². The summed E-state index contributed by atoms with van der Waals surface area (Å²) < 4.78 is 50.9. The summed E-state index contributed by atoms with van der Waals surface area (Å²) in [5.41, 5.74) is -1.45. The number of aromatic nitrogens is 2. The fraction of sp³-hybridized carbons (Fsp3) is 0.0909. The van der Waals surface area contributed by atoms with E-state index >= 15 is 0 Å². The van der Waals surface area contributed by atoms with Gasteiger partial charge < -0.3 is 4.98 Å². The number of aromatic amines is 1. The molecule has 0 radical (unpaired) electrons. The topological polar surface area (TPSA) is 52.5 Å². The fourth-order valence-corrected chi connectivity index (χ4v) is 1.75. The van der Waals surface area contributed by atoms with Crippen LogP contribution in [0.1, 0.15) is 11.3 Å². The van der Waals surface area contributed by atoms with E-state index in [0.29, 0.717) is 6.20 Å². The predicted octanol–water partition coefficient (Wildman–Crippen LogP) is 3.76. The molecule has 0 spiro atoms. The summed E-state index contributed by atoms with van der Waals surface area (Å²) in [7, 11) is 0. The molecule has 3 nitrogen and oxygen atoms in total. The molecule has 0 unspecified atom stereocenters. The van der Waals surface area contributed by atoms with Gasteiger partial charge in [-0.1, -0.05) is 11.6 Å². The molecule has 0 bridgehead atoms. The first-order valence-corrected chi connectivity index (χ1v) is 5.22. The van der Waals surface area contributed by atoms with Crippen molar-refractivity contribution in [3.8, 4) is 17.5 Å². The van der Waals surface area contributed by atoms with Crippen molar-refractivity contribution >= 4 is 11.6 Å². The highest BCUT2D eigenvalue weighted by Gasteiger charge is 2.33. The van der Waals surface area contributed by atoms with E-state index in [9.17, 15) is 17.6 Å². The Morgan fingerprint density at radius 2 is 2.00 bits per heavy atom. The molecule has 0 amide bonds. The molecule has 1 N–H and O–H groups in total. The number of nitrogens with one attached hydrogen (secondary N) is 1. The van der Waals surface area contributed by atoms with Crippen molar-refractivity contribution in [3.63, 3.8) is 0 Å². The Kier molecular flexibility index (Phi) is 3.20. The highest BCUT2D eigenvalue weighted by atomic mass is 35.5. The van der Waals surface area contributed by atoms with Gasteiger partial charge in [-0.3, -0.25) is 0 Å². The summed E-state index contributed by atoms with van der Waals surface area (Å²) in [6.07, 6.45) is -4.07. The lowest BCUT2D eigenvalue weighted by Gasteiger charge is -2.04. The Morgan fingerprint density at radius 3 is 2.47 bits per heavy atom. The van der Waals surface area contributed by atoms with Crippen molar-refractivity contribution < 1.29 is 17.6 Å². The van der Waals surface area contributed by atoms with E-state index in [4.69, 9.17) is 16.9 Å². The van der Waals surface area contributed by atoms with Crippen LogP contribution in [0.3, 0.4) is 0 Å². The van der Waals surface area contributed by atoms with Crippen LogP contribution >= 0.6 is 11.6 Å². The Balaban J connectivity index is 2.55. The number of benzene rings is 1. The van der Waals surface area contributed by atoms with Crippen LogP contribution in [0.5, 0.6) is 0 Å². The molecule has 0 aliphatic heterocycles. The first kappa shape index (κ1) is 13.4. The average molecular weight is 290 g/mol. The minimum atomic E-state index is -4.61. The van der Waals surface area contributed by atoms with Crippen molar-refractivity contribution in [2.24, 2.45) is 0 Å². The number of nitrogens with zero attached hydrogens (tertiary/aromatic N) is 2. The zero-order valence-electron chi connectivity index (χ0n) is 9.02. The molecule has 0 fully saturated rings. The first-order valence-electron chi connectivity index (χ1n) is 4.84. The third kappa shape index (κ3) is 2.53. The van der Waals surface area contributed by atoms with E-state index in [0.717, 1.165) is 12.1 Å². The van der Waals surface area contributed by atoms with Crippen LogP contribution < -0.4 is 0 Å². The molecule has 2 aromatic rings. The molecule has 1 aromatic carbocycles. The maximum Gasteiger partial charge on any atom is 0.432 e. The Morgan fingerprint density at radius 1 is 1.32 bits per heavy atom. The molecule has 98 valence electrons. The monoisotopic (exact) mass is 289 g/mol. The molecule has 1 heterocycles. The van der Waals surface area contributed by atoms with Gasteiger partial charge in [0.25, 0.3) is 0 Å². The summed E-state index contributed by atoms with van der Waals surface area (Å²) in [6.45, 7) is 0. The van der Waals surface area contributed by atoms with Crippen LogP contribution in [0.2, 0.25) is 5.02 Å². The maximum atomic E-state index is 13.7. The highest BCUT2D eigenvalue weighted by molar-refractivity contribution is 6.33. The van der Waals surface area contributed by atoms with Gasteiger partial charge in [-0.2, -0.15) is 18.4 Å². The van der Waals surface area contributed by atoms with Crippen molar-refractivity contribution in [1.82, 2.24) is 9.97 Å². The van der Waals surface area contributed by atoms with Gasteiger partial charge in [0.2, 0.25) is 0 Å². The Bertz CT molecular complexity index is 646. The smallest absolute Gasteiger partial charge is 0.334 e. The molecule has 8 heteroatoms. The van der Waals surface area contributed by atoms with Crippen molar-refractivity contribution in [2.45, 2.75) is 6.18 Å². The van der Waals surface area contributed by atoms with E-state index in [2.05, 4.69) is 4.98 Å². The van der Waals surface area contributed by atoms with Crippen molar-refractivity contribution in [1.29, 1.82) is 5.26 Å². The van der Waals surface area contributed by atoms with Crippen molar-refractivity contribution in [2.75, 3.05) is 0 Å². The molecule has 0 saturated heterocycles. The van der Waals surface area contributed by atoms with Crippen LogP contribution in [-0.4, -0.2) is 9.97 Å². The number of nitriles is 1. The van der Waals surface area contributed by atoms with E-state index in [1.165, 1.54) is 0 Å². The van der Waals surface area contributed by atoms with E-state index in [1.807, 2.05) is 4.98 Å². The molecule has 0 aliphatic carbocycles. The molecule has 0 atom stereocenters. The average Bonchev–Trinajstić information content (AvgIpc) is 2.76. The number of imidazole rings is 1. The predicted molar refractivity (Wildman–Crippen MR) is 58.7 cm³/mol. The molecular formula is C11H4ClF4N3. The summed E-state index contributed by atoms with van der Waals surface area (Å²) in [4.78, 5) is 5.39. The molecule has 0 saturated carbocycles. The van der Waals surface area contributed by atoms with Gasteiger partial charge >= 0.3 is 6.18 Å².